The van der Waals surface area contributed by atoms with Gasteiger partial charge in [0.2, 0.25) is 0 Å². The van der Waals surface area contributed by atoms with Crippen LogP contribution in [-0.4, -0.2) is 43.1 Å². The highest BCUT2D eigenvalue weighted by atomic mass is 16.1. The van der Waals surface area contributed by atoms with Crippen LogP contribution in [0.4, 0.5) is 5.82 Å². The lowest BCUT2D eigenvalue weighted by Gasteiger charge is -2.08. The van der Waals surface area contributed by atoms with Gasteiger partial charge in [0, 0.05) is 48.5 Å². The Hall–Kier alpha value is -3.42. The molecule has 0 saturated heterocycles. The fourth-order valence-electron chi connectivity index (χ4n) is 3.85. The summed E-state index contributed by atoms with van der Waals surface area (Å²) in [5, 5.41) is 11.7. The minimum Gasteiger partial charge on any atom is -0.373 e. The van der Waals surface area contributed by atoms with Crippen molar-refractivity contribution >= 4 is 28.4 Å². The molecule has 4 aromatic heterocycles. The average molecular weight is 387 g/mol. The first-order valence-corrected chi connectivity index (χ1v) is 10.1. The topological polar surface area (TPSA) is 89.1 Å². The van der Waals surface area contributed by atoms with Gasteiger partial charge in [0.25, 0.3) is 5.91 Å². The molecule has 8 nitrogen and oxygen atoms in total. The largest absolute Gasteiger partial charge is 0.373 e. The molecule has 8 heteroatoms. The molecule has 0 bridgehead atoms. The van der Waals surface area contributed by atoms with Crippen molar-refractivity contribution in [1.82, 2.24) is 29.5 Å². The van der Waals surface area contributed by atoms with Crippen LogP contribution in [0.5, 0.6) is 0 Å². The van der Waals surface area contributed by atoms with Gasteiger partial charge in [-0.2, -0.15) is 9.61 Å². The molecular weight excluding hydrogens is 366 g/mol. The lowest BCUT2D eigenvalue weighted by molar-refractivity contribution is 0.0952. The second-order valence-corrected chi connectivity index (χ2v) is 7.87. The molecule has 2 N–H and O–H groups in total. The molecule has 1 amide bonds. The lowest BCUT2D eigenvalue weighted by Crippen LogP contribution is -2.25. The van der Waals surface area contributed by atoms with Gasteiger partial charge in [-0.25, -0.2) is 9.97 Å². The number of nitrogens with zero attached hydrogens (tertiary/aromatic N) is 5. The van der Waals surface area contributed by atoms with E-state index in [1.54, 1.807) is 10.7 Å². The Morgan fingerprint density at radius 3 is 2.83 bits per heavy atom. The van der Waals surface area contributed by atoms with Gasteiger partial charge in [-0.1, -0.05) is 0 Å². The third-order valence-electron chi connectivity index (χ3n) is 5.69. The summed E-state index contributed by atoms with van der Waals surface area (Å²) in [5.41, 5.74) is 3.87. The van der Waals surface area contributed by atoms with E-state index in [2.05, 4.69) is 37.5 Å². The Labute approximate surface area is 167 Å². The van der Waals surface area contributed by atoms with Crippen molar-refractivity contribution in [2.45, 2.75) is 37.8 Å². The zero-order valence-electron chi connectivity index (χ0n) is 16.1. The van der Waals surface area contributed by atoms with Crippen LogP contribution in [0.3, 0.4) is 0 Å². The van der Waals surface area contributed by atoms with Gasteiger partial charge in [-0.15, -0.1) is 0 Å². The van der Waals surface area contributed by atoms with Crippen molar-refractivity contribution in [2.24, 2.45) is 0 Å². The number of nitrogens with one attached hydrogen (secondary N) is 2. The van der Waals surface area contributed by atoms with Crippen LogP contribution in [0.25, 0.3) is 27.9 Å². The molecule has 29 heavy (non-hydrogen) atoms. The van der Waals surface area contributed by atoms with E-state index < -0.39 is 0 Å². The normalized spacial score (nSPS) is 16.4. The summed E-state index contributed by atoms with van der Waals surface area (Å²) < 4.78 is 3.94. The van der Waals surface area contributed by atoms with Gasteiger partial charge in [0.05, 0.1) is 11.9 Å². The first-order chi connectivity index (χ1) is 14.2. The highest BCUT2D eigenvalue weighted by Crippen LogP contribution is 2.40. The van der Waals surface area contributed by atoms with Crippen molar-refractivity contribution in [1.29, 1.82) is 0 Å². The van der Waals surface area contributed by atoms with Crippen molar-refractivity contribution in [3.8, 4) is 11.3 Å². The molecule has 0 atom stereocenters. The number of amides is 1. The summed E-state index contributed by atoms with van der Waals surface area (Å²) in [4.78, 5) is 22.2. The van der Waals surface area contributed by atoms with Crippen LogP contribution in [0.2, 0.25) is 0 Å². The number of anilines is 1. The maximum Gasteiger partial charge on any atom is 0.256 e. The van der Waals surface area contributed by atoms with Crippen LogP contribution < -0.4 is 10.6 Å². The number of aromatic nitrogens is 5. The maximum absolute atomic E-state index is 12.7. The van der Waals surface area contributed by atoms with E-state index in [1.807, 2.05) is 25.4 Å². The van der Waals surface area contributed by atoms with Crippen molar-refractivity contribution in [3.63, 3.8) is 0 Å². The minimum absolute atomic E-state index is 0.115. The lowest BCUT2D eigenvalue weighted by atomic mass is 10.1. The molecule has 0 radical (unpaired) electrons. The predicted octanol–water partition coefficient (Wildman–Crippen LogP) is 3.01. The summed E-state index contributed by atoms with van der Waals surface area (Å²) in [5.74, 6) is 0.669. The predicted molar refractivity (Wildman–Crippen MR) is 110 cm³/mol. The molecule has 0 aromatic carbocycles. The van der Waals surface area contributed by atoms with E-state index in [4.69, 9.17) is 4.98 Å². The Bertz CT molecular complexity index is 1260. The standard InChI is InChI=1S/C21H21N7O/c1-22-18-9-17(16-11-27(13-6-7-13)19-14(16)3-2-8-23-19)26-20-15(10-24-28(18)20)21(29)25-12-4-5-12/h2-3,8-13,22H,4-7H2,1H3,(H,25,29). The van der Waals surface area contributed by atoms with E-state index >= 15 is 0 Å². The van der Waals surface area contributed by atoms with Crippen LogP contribution in [0.1, 0.15) is 42.1 Å². The molecule has 0 spiro atoms. The minimum atomic E-state index is -0.115. The van der Waals surface area contributed by atoms with E-state index in [1.165, 1.54) is 12.8 Å². The van der Waals surface area contributed by atoms with Crippen LogP contribution >= 0.6 is 0 Å². The fourth-order valence-corrected chi connectivity index (χ4v) is 3.85. The van der Waals surface area contributed by atoms with Gasteiger partial charge in [0.15, 0.2) is 5.65 Å². The first kappa shape index (κ1) is 16.5. The molecule has 2 aliphatic rings. The third kappa shape index (κ3) is 2.66. The van der Waals surface area contributed by atoms with Gasteiger partial charge in [-0.3, -0.25) is 4.79 Å². The van der Waals surface area contributed by atoms with Gasteiger partial charge in [-0.05, 0) is 37.8 Å². The van der Waals surface area contributed by atoms with Crippen LogP contribution in [0, 0.1) is 0 Å². The number of hydrogen-bond donors (Lipinski definition) is 2. The van der Waals surface area contributed by atoms with Crippen molar-refractivity contribution < 1.29 is 4.79 Å². The summed E-state index contributed by atoms with van der Waals surface area (Å²) >= 11 is 0. The second-order valence-electron chi connectivity index (χ2n) is 7.87. The number of carbonyl (C=O) groups excluding carboxylic acids is 1. The SMILES string of the molecule is CNc1cc(-c2cn(C3CC3)c3ncccc23)nc2c(C(=O)NC3CC3)cnn12. The number of carbonyl (C=O) groups is 1. The molecule has 146 valence electrons. The average Bonchev–Trinajstić information content (AvgIpc) is 3.67. The molecular formula is C21H21N7O. The molecule has 4 heterocycles. The summed E-state index contributed by atoms with van der Waals surface area (Å²) in [6.07, 6.45) is 10.0. The highest BCUT2D eigenvalue weighted by molar-refractivity contribution is 6.01. The maximum atomic E-state index is 12.7. The van der Waals surface area contributed by atoms with Crippen LogP contribution in [-0.2, 0) is 0 Å². The summed E-state index contributed by atoms with van der Waals surface area (Å²) in [6, 6.07) is 6.81. The zero-order valence-corrected chi connectivity index (χ0v) is 16.1. The Balaban J connectivity index is 1.54. The van der Waals surface area contributed by atoms with Crippen LogP contribution in [0.15, 0.2) is 36.8 Å². The van der Waals surface area contributed by atoms with Gasteiger partial charge in [0.1, 0.15) is 17.0 Å². The van der Waals surface area contributed by atoms with Gasteiger partial charge < -0.3 is 15.2 Å². The number of pyridine rings is 1. The molecule has 2 saturated carbocycles. The molecule has 0 unspecified atom stereocenters. The summed E-state index contributed by atoms with van der Waals surface area (Å²) in [6.45, 7) is 0. The third-order valence-corrected chi connectivity index (χ3v) is 5.69. The summed E-state index contributed by atoms with van der Waals surface area (Å²) in [7, 11) is 1.85. The number of rotatable bonds is 5. The quantitative estimate of drug-likeness (QED) is 0.549. The monoisotopic (exact) mass is 387 g/mol. The number of fused-ring (bicyclic) bond motifs is 2. The first-order valence-electron chi connectivity index (χ1n) is 10.1. The molecule has 2 fully saturated rings. The van der Waals surface area contributed by atoms with E-state index in [9.17, 15) is 4.79 Å². The molecule has 6 rings (SSSR count). The van der Waals surface area contributed by atoms with Gasteiger partial charge >= 0.3 is 0 Å². The Morgan fingerprint density at radius 2 is 2.07 bits per heavy atom. The fraction of sp³-hybridized carbons (Fsp3) is 0.333. The smallest absolute Gasteiger partial charge is 0.256 e. The highest BCUT2D eigenvalue weighted by Gasteiger charge is 2.28. The Kier molecular flexibility index (Phi) is 3.44. The van der Waals surface area contributed by atoms with E-state index in [-0.39, 0.29) is 11.9 Å². The number of hydrogen-bond acceptors (Lipinski definition) is 5. The molecule has 4 aromatic rings. The molecule has 2 aliphatic carbocycles. The zero-order chi connectivity index (χ0) is 19.5. The van der Waals surface area contributed by atoms with Crippen molar-refractivity contribution in [2.75, 3.05) is 12.4 Å². The second kappa shape index (κ2) is 6.04. The Morgan fingerprint density at radius 1 is 1.21 bits per heavy atom. The van der Waals surface area contributed by atoms with Crippen molar-refractivity contribution in [3.05, 3.63) is 42.4 Å². The molecule has 0 aliphatic heterocycles. The van der Waals surface area contributed by atoms with E-state index in [0.717, 1.165) is 41.0 Å². The van der Waals surface area contributed by atoms with E-state index in [0.29, 0.717) is 17.3 Å².